The van der Waals surface area contributed by atoms with Crippen LogP contribution in [0.4, 0.5) is 16.2 Å². The molecule has 1 aromatic carbocycles. The van der Waals surface area contributed by atoms with Crippen LogP contribution in [0.5, 0.6) is 0 Å². The highest BCUT2D eigenvalue weighted by Gasteiger charge is 2.10. The Labute approximate surface area is 102 Å². The van der Waals surface area contributed by atoms with Crippen LogP contribution in [0.25, 0.3) is 0 Å². The van der Waals surface area contributed by atoms with E-state index in [1.807, 2.05) is 0 Å². The van der Waals surface area contributed by atoms with Crippen molar-refractivity contribution in [1.29, 1.82) is 0 Å². The van der Waals surface area contributed by atoms with Gasteiger partial charge in [-0.2, -0.15) is 0 Å². The molecule has 7 heteroatoms. The van der Waals surface area contributed by atoms with Gasteiger partial charge < -0.3 is 5.32 Å². The molecular weight excluding hydrogens is 236 g/mol. The summed E-state index contributed by atoms with van der Waals surface area (Å²) < 4.78 is 1.28. The number of carbonyl (C=O) groups is 1. The number of hydrogen-bond donors (Lipinski definition) is 1. The maximum absolute atomic E-state index is 11.7. The fourth-order valence-electron chi connectivity index (χ4n) is 1.46. The molecule has 2 aromatic rings. The lowest BCUT2D eigenvalue weighted by molar-refractivity contribution is -0.384. The van der Waals surface area contributed by atoms with Crippen LogP contribution in [-0.4, -0.2) is 20.5 Å². The maximum Gasteiger partial charge on any atom is 0.331 e. The van der Waals surface area contributed by atoms with Crippen molar-refractivity contribution in [2.75, 3.05) is 5.32 Å². The summed E-state index contributed by atoms with van der Waals surface area (Å²) in [6, 6.07) is 3.88. The van der Waals surface area contributed by atoms with E-state index in [0.717, 1.165) is 0 Å². The largest absolute Gasteiger partial charge is 0.331 e. The number of nitrogens with one attached hydrogen (secondary N) is 1. The van der Waals surface area contributed by atoms with Gasteiger partial charge in [-0.15, -0.1) is 0 Å². The van der Waals surface area contributed by atoms with Gasteiger partial charge in [0.05, 0.1) is 4.92 Å². The number of carbonyl (C=O) groups excluding carboxylic acids is 1. The smallest absolute Gasteiger partial charge is 0.307 e. The third-order valence-corrected chi connectivity index (χ3v) is 2.40. The summed E-state index contributed by atoms with van der Waals surface area (Å²) in [5, 5.41) is 13.2. The Balaban J connectivity index is 2.20. The van der Waals surface area contributed by atoms with Gasteiger partial charge in [0.15, 0.2) is 0 Å². The van der Waals surface area contributed by atoms with Gasteiger partial charge in [0, 0.05) is 30.2 Å². The molecule has 0 aliphatic rings. The monoisotopic (exact) mass is 246 g/mol. The lowest BCUT2D eigenvalue weighted by Gasteiger charge is -2.07. The molecule has 0 unspecified atom stereocenters. The van der Waals surface area contributed by atoms with E-state index in [4.69, 9.17) is 0 Å². The number of imidazole rings is 1. The summed E-state index contributed by atoms with van der Waals surface area (Å²) in [6.07, 6.45) is 4.37. The highest BCUT2D eigenvalue weighted by molar-refractivity contribution is 5.91. The Kier molecular flexibility index (Phi) is 3.05. The highest BCUT2D eigenvalue weighted by Crippen LogP contribution is 2.21. The van der Waals surface area contributed by atoms with Gasteiger partial charge >= 0.3 is 6.03 Å². The fraction of sp³-hybridized carbons (Fsp3) is 0.0909. The SMILES string of the molecule is Cc1cc([N+](=O)[O-])ccc1NC(=O)n1ccnc1. The number of rotatable bonds is 2. The lowest BCUT2D eigenvalue weighted by Crippen LogP contribution is -2.18. The normalized spacial score (nSPS) is 10.1. The van der Waals surface area contributed by atoms with Crippen LogP contribution >= 0.6 is 0 Å². The quantitative estimate of drug-likeness (QED) is 0.649. The fourth-order valence-corrected chi connectivity index (χ4v) is 1.46. The van der Waals surface area contributed by atoms with Gasteiger partial charge in [0.2, 0.25) is 0 Å². The van der Waals surface area contributed by atoms with Crippen molar-refractivity contribution in [3.05, 3.63) is 52.6 Å². The number of nitro benzene ring substituents is 1. The molecule has 1 heterocycles. The molecule has 2 rings (SSSR count). The van der Waals surface area contributed by atoms with Gasteiger partial charge in [-0.25, -0.2) is 9.78 Å². The zero-order valence-electron chi connectivity index (χ0n) is 9.53. The molecule has 0 saturated heterocycles. The molecule has 0 bridgehead atoms. The van der Waals surface area contributed by atoms with Crippen LogP contribution in [0.3, 0.4) is 0 Å². The predicted molar refractivity (Wildman–Crippen MR) is 64.5 cm³/mol. The molecule has 7 nitrogen and oxygen atoms in total. The van der Waals surface area contributed by atoms with Crippen molar-refractivity contribution in [3.63, 3.8) is 0 Å². The van der Waals surface area contributed by atoms with Gasteiger partial charge in [-0.05, 0) is 18.6 Å². The first kappa shape index (κ1) is 11.8. The summed E-state index contributed by atoms with van der Waals surface area (Å²) in [4.78, 5) is 25.6. The number of anilines is 1. The zero-order valence-corrected chi connectivity index (χ0v) is 9.53. The summed E-state index contributed by atoms with van der Waals surface area (Å²) in [6.45, 7) is 1.69. The first-order valence-electron chi connectivity index (χ1n) is 5.12. The second-order valence-corrected chi connectivity index (χ2v) is 3.66. The van der Waals surface area contributed by atoms with E-state index in [1.165, 1.54) is 41.5 Å². The minimum atomic E-state index is -0.478. The third-order valence-electron chi connectivity index (χ3n) is 2.40. The van der Waals surface area contributed by atoms with E-state index in [0.29, 0.717) is 11.3 Å². The molecule has 0 atom stereocenters. The van der Waals surface area contributed by atoms with Crippen molar-refractivity contribution in [1.82, 2.24) is 9.55 Å². The van der Waals surface area contributed by atoms with Crippen molar-refractivity contribution in [2.24, 2.45) is 0 Å². The summed E-state index contributed by atoms with van der Waals surface area (Å²) in [5.74, 6) is 0. The second kappa shape index (κ2) is 4.66. The Morgan fingerprint density at radius 1 is 1.50 bits per heavy atom. The number of amides is 1. The van der Waals surface area contributed by atoms with Crippen LogP contribution in [0, 0.1) is 17.0 Å². The number of nitro groups is 1. The Morgan fingerprint density at radius 2 is 2.28 bits per heavy atom. The number of hydrogen-bond acceptors (Lipinski definition) is 4. The van der Waals surface area contributed by atoms with Gasteiger partial charge in [0.1, 0.15) is 6.33 Å². The average molecular weight is 246 g/mol. The first-order chi connectivity index (χ1) is 8.58. The average Bonchev–Trinajstić information content (AvgIpc) is 2.85. The van der Waals surface area contributed by atoms with Gasteiger partial charge in [0.25, 0.3) is 5.69 Å². The molecular formula is C11H10N4O3. The molecule has 0 saturated carbocycles. The van der Waals surface area contributed by atoms with Crippen LogP contribution in [-0.2, 0) is 0 Å². The Hall–Kier alpha value is -2.70. The van der Waals surface area contributed by atoms with E-state index in [2.05, 4.69) is 10.3 Å². The van der Waals surface area contributed by atoms with Gasteiger partial charge in [-0.3, -0.25) is 14.7 Å². The van der Waals surface area contributed by atoms with Crippen molar-refractivity contribution in [2.45, 2.75) is 6.92 Å². The standard InChI is InChI=1S/C11H10N4O3/c1-8-6-9(15(17)18)2-3-10(8)13-11(16)14-5-4-12-7-14/h2-7H,1H3,(H,13,16). The molecule has 1 aromatic heterocycles. The van der Waals surface area contributed by atoms with Crippen molar-refractivity contribution < 1.29 is 9.72 Å². The van der Waals surface area contributed by atoms with Gasteiger partial charge in [-0.1, -0.05) is 0 Å². The number of aryl methyl sites for hydroxylation is 1. The summed E-state index contributed by atoms with van der Waals surface area (Å²) in [5.41, 5.74) is 1.14. The van der Waals surface area contributed by atoms with E-state index in [9.17, 15) is 14.9 Å². The summed E-state index contributed by atoms with van der Waals surface area (Å²) in [7, 11) is 0. The zero-order chi connectivity index (χ0) is 13.1. The Morgan fingerprint density at radius 3 is 2.83 bits per heavy atom. The van der Waals surface area contributed by atoms with Crippen LogP contribution in [0.15, 0.2) is 36.9 Å². The molecule has 18 heavy (non-hydrogen) atoms. The number of aromatic nitrogens is 2. The molecule has 0 fully saturated rings. The maximum atomic E-state index is 11.7. The van der Waals surface area contributed by atoms with E-state index >= 15 is 0 Å². The molecule has 0 radical (unpaired) electrons. The molecule has 92 valence electrons. The van der Waals surface area contributed by atoms with Crippen molar-refractivity contribution in [3.8, 4) is 0 Å². The molecule has 1 amide bonds. The third kappa shape index (κ3) is 2.34. The second-order valence-electron chi connectivity index (χ2n) is 3.66. The molecule has 0 aliphatic carbocycles. The van der Waals surface area contributed by atoms with Crippen molar-refractivity contribution >= 4 is 17.4 Å². The highest BCUT2D eigenvalue weighted by atomic mass is 16.6. The molecule has 1 N–H and O–H groups in total. The molecule has 0 spiro atoms. The van der Waals surface area contributed by atoms with Crippen LogP contribution in [0.2, 0.25) is 0 Å². The van der Waals surface area contributed by atoms with Crippen LogP contribution in [0.1, 0.15) is 5.56 Å². The summed E-state index contributed by atoms with van der Waals surface area (Å²) >= 11 is 0. The topological polar surface area (TPSA) is 90.1 Å². The van der Waals surface area contributed by atoms with E-state index in [-0.39, 0.29) is 11.7 Å². The van der Waals surface area contributed by atoms with E-state index < -0.39 is 4.92 Å². The number of benzene rings is 1. The number of non-ortho nitro benzene ring substituents is 1. The number of nitrogens with zero attached hydrogens (tertiary/aromatic N) is 3. The lowest BCUT2D eigenvalue weighted by atomic mass is 10.2. The Bertz CT molecular complexity index is 592. The minimum Gasteiger partial charge on any atom is -0.307 e. The van der Waals surface area contributed by atoms with E-state index in [1.54, 1.807) is 6.92 Å². The van der Waals surface area contributed by atoms with Crippen LogP contribution < -0.4 is 5.32 Å². The first-order valence-corrected chi connectivity index (χ1v) is 5.12. The predicted octanol–water partition coefficient (Wildman–Crippen LogP) is 2.18. The molecule has 0 aliphatic heterocycles. The minimum absolute atomic E-state index is 0.00636.